The van der Waals surface area contributed by atoms with Crippen molar-refractivity contribution in [1.29, 1.82) is 5.26 Å². The van der Waals surface area contributed by atoms with Gasteiger partial charge in [0.1, 0.15) is 6.07 Å². The number of aromatic nitrogens is 3. The molecule has 2 atom stereocenters. The zero-order valence-electron chi connectivity index (χ0n) is 13.1. The quantitative estimate of drug-likeness (QED) is 0.772. The van der Waals surface area contributed by atoms with Crippen molar-refractivity contribution in [3.63, 3.8) is 0 Å². The van der Waals surface area contributed by atoms with E-state index in [0.29, 0.717) is 11.5 Å². The third kappa shape index (κ3) is 2.59. The van der Waals surface area contributed by atoms with Crippen LogP contribution in [0, 0.1) is 17.2 Å². The molecule has 0 aliphatic carbocycles. The van der Waals surface area contributed by atoms with Crippen LogP contribution in [-0.4, -0.2) is 28.3 Å². The maximum absolute atomic E-state index is 9.40. The average Bonchev–Trinajstić information content (AvgIpc) is 3.30. The molecule has 0 saturated carbocycles. The first-order valence-corrected chi connectivity index (χ1v) is 7.99. The number of hydrogen-bond donors (Lipinski definition) is 2. The lowest BCUT2D eigenvalue weighted by Crippen LogP contribution is -2.18. The smallest absolute Gasteiger partial charge is 0.103 e. The van der Waals surface area contributed by atoms with Crippen LogP contribution in [0.4, 0.5) is 5.69 Å². The Labute approximate surface area is 139 Å². The van der Waals surface area contributed by atoms with E-state index in [9.17, 15) is 5.26 Å². The first-order valence-electron chi connectivity index (χ1n) is 7.99. The summed E-state index contributed by atoms with van der Waals surface area (Å²) in [6.07, 6.45) is 6.34. The van der Waals surface area contributed by atoms with Crippen LogP contribution in [0.2, 0.25) is 0 Å². The number of pyridine rings is 1. The molecule has 3 heterocycles. The Kier molecular flexibility index (Phi) is 3.85. The number of nitrogens with zero attached hydrogens (tertiary/aromatic N) is 3. The van der Waals surface area contributed by atoms with Gasteiger partial charge in [-0.25, -0.2) is 0 Å². The molecular formula is C18H17N5O. The van der Waals surface area contributed by atoms with Crippen molar-refractivity contribution in [1.82, 2.24) is 15.2 Å². The average molecular weight is 319 g/mol. The van der Waals surface area contributed by atoms with Gasteiger partial charge in [0.2, 0.25) is 0 Å². The molecule has 1 aliphatic rings. The van der Waals surface area contributed by atoms with Gasteiger partial charge in [0.15, 0.2) is 0 Å². The highest BCUT2D eigenvalue weighted by molar-refractivity contribution is 5.93. The fourth-order valence-electron chi connectivity index (χ4n) is 3.28. The fraction of sp³-hybridized carbons (Fsp3) is 0.278. The van der Waals surface area contributed by atoms with Crippen molar-refractivity contribution >= 4 is 16.6 Å². The molecule has 1 aromatic carbocycles. The number of fused-ring (bicyclic) bond motifs is 1. The second kappa shape index (κ2) is 6.30. The highest BCUT2D eigenvalue weighted by Crippen LogP contribution is 2.35. The molecule has 0 radical (unpaired) electrons. The van der Waals surface area contributed by atoms with Crippen LogP contribution in [0.25, 0.3) is 10.9 Å². The number of benzene rings is 1. The van der Waals surface area contributed by atoms with E-state index < -0.39 is 0 Å². The molecule has 24 heavy (non-hydrogen) atoms. The van der Waals surface area contributed by atoms with Crippen LogP contribution in [0.5, 0.6) is 0 Å². The Morgan fingerprint density at radius 1 is 1.33 bits per heavy atom. The molecule has 3 aromatic rings. The van der Waals surface area contributed by atoms with Crippen molar-refractivity contribution < 1.29 is 4.74 Å². The van der Waals surface area contributed by atoms with E-state index in [0.717, 1.165) is 41.7 Å². The molecule has 2 N–H and O–H groups in total. The minimum Gasteiger partial charge on any atom is -0.383 e. The molecule has 6 nitrogen and oxygen atoms in total. The molecule has 0 bridgehead atoms. The highest BCUT2D eigenvalue weighted by Gasteiger charge is 2.30. The first-order chi connectivity index (χ1) is 11.9. The zero-order chi connectivity index (χ0) is 16.4. The predicted molar refractivity (Wildman–Crippen MR) is 90.3 cm³/mol. The maximum atomic E-state index is 9.40. The Balaban J connectivity index is 1.60. The van der Waals surface area contributed by atoms with Crippen molar-refractivity contribution in [2.24, 2.45) is 5.92 Å². The van der Waals surface area contributed by atoms with Gasteiger partial charge in [0, 0.05) is 42.4 Å². The molecular weight excluding hydrogens is 302 g/mol. The molecule has 4 rings (SSSR count). The second-order valence-corrected chi connectivity index (χ2v) is 5.93. The summed E-state index contributed by atoms with van der Waals surface area (Å²) in [5.41, 5.74) is 3.36. The number of aromatic amines is 1. The summed E-state index contributed by atoms with van der Waals surface area (Å²) in [5, 5.41) is 20.7. The maximum Gasteiger partial charge on any atom is 0.103 e. The predicted octanol–water partition coefficient (Wildman–Crippen LogP) is 3.02. The number of nitriles is 1. The Morgan fingerprint density at radius 2 is 2.25 bits per heavy atom. The number of hydrogen-bond acceptors (Lipinski definition) is 5. The van der Waals surface area contributed by atoms with Gasteiger partial charge in [0.05, 0.1) is 29.1 Å². The first kappa shape index (κ1) is 14.7. The summed E-state index contributed by atoms with van der Waals surface area (Å²) in [5.74, 6) is 0.334. The lowest BCUT2D eigenvalue weighted by Gasteiger charge is -2.19. The summed E-state index contributed by atoms with van der Waals surface area (Å²) in [4.78, 5) is 4.35. The summed E-state index contributed by atoms with van der Waals surface area (Å²) in [7, 11) is 0. The minimum absolute atomic E-state index is 0.0369. The van der Waals surface area contributed by atoms with Crippen molar-refractivity contribution in [2.45, 2.75) is 12.5 Å². The number of nitrogens with one attached hydrogen (secondary N) is 2. The van der Waals surface area contributed by atoms with Crippen LogP contribution in [-0.2, 0) is 4.74 Å². The second-order valence-electron chi connectivity index (χ2n) is 5.93. The number of H-pyrrole nitrogens is 1. The monoisotopic (exact) mass is 319 g/mol. The lowest BCUT2D eigenvalue weighted by molar-refractivity contribution is 0.0933. The topological polar surface area (TPSA) is 86.6 Å². The molecule has 0 spiro atoms. The van der Waals surface area contributed by atoms with Gasteiger partial charge in [-0.2, -0.15) is 10.4 Å². The van der Waals surface area contributed by atoms with E-state index in [2.05, 4.69) is 26.6 Å². The molecule has 2 aromatic heterocycles. The van der Waals surface area contributed by atoms with E-state index >= 15 is 0 Å². The van der Waals surface area contributed by atoms with Crippen LogP contribution in [0.1, 0.15) is 23.7 Å². The molecule has 6 heteroatoms. The van der Waals surface area contributed by atoms with Crippen molar-refractivity contribution in [2.75, 3.05) is 18.5 Å². The Bertz CT molecular complexity index is 884. The molecule has 0 amide bonds. The van der Waals surface area contributed by atoms with Crippen LogP contribution >= 0.6 is 0 Å². The molecule has 0 unspecified atom stereocenters. The van der Waals surface area contributed by atoms with Crippen LogP contribution < -0.4 is 5.32 Å². The summed E-state index contributed by atoms with van der Waals surface area (Å²) in [6, 6.07) is 10.1. The standard InChI is InChI=1S/C18H17N5O/c19-7-13-9-20-16-4-2-1-3-15(16)17(13)21-8-12-5-6-24-18(12)14-10-22-23-11-14/h1-4,9-12,18H,5-6,8H2,(H,20,21)(H,22,23)/t12-,18+/m1/s1. The van der Waals surface area contributed by atoms with Gasteiger partial charge in [-0.15, -0.1) is 0 Å². The number of para-hydroxylation sites is 1. The largest absolute Gasteiger partial charge is 0.383 e. The molecule has 1 fully saturated rings. The molecule has 1 aliphatic heterocycles. The summed E-state index contributed by atoms with van der Waals surface area (Å²) in [6.45, 7) is 1.48. The Hall–Kier alpha value is -2.91. The normalized spacial score (nSPS) is 20.1. The van der Waals surface area contributed by atoms with Gasteiger partial charge < -0.3 is 10.1 Å². The molecule has 1 saturated heterocycles. The third-order valence-corrected chi connectivity index (χ3v) is 4.50. The van der Waals surface area contributed by atoms with Gasteiger partial charge in [-0.1, -0.05) is 18.2 Å². The minimum atomic E-state index is 0.0369. The van der Waals surface area contributed by atoms with Gasteiger partial charge in [0.25, 0.3) is 0 Å². The number of anilines is 1. The zero-order valence-corrected chi connectivity index (χ0v) is 13.1. The van der Waals surface area contributed by atoms with E-state index in [1.54, 1.807) is 6.20 Å². The fourth-order valence-corrected chi connectivity index (χ4v) is 3.28. The van der Waals surface area contributed by atoms with Gasteiger partial charge >= 0.3 is 0 Å². The van der Waals surface area contributed by atoms with E-state index in [4.69, 9.17) is 4.74 Å². The third-order valence-electron chi connectivity index (χ3n) is 4.50. The van der Waals surface area contributed by atoms with E-state index in [1.807, 2.05) is 36.7 Å². The van der Waals surface area contributed by atoms with Gasteiger partial charge in [-0.3, -0.25) is 10.1 Å². The van der Waals surface area contributed by atoms with Crippen LogP contribution in [0.3, 0.4) is 0 Å². The van der Waals surface area contributed by atoms with E-state index in [1.165, 1.54) is 0 Å². The van der Waals surface area contributed by atoms with Gasteiger partial charge in [-0.05, 0) is 12.5 Å². The number of ether oxygens (including phenoxy) is 1. The van der Waals surface area contributed by atoms with E-state index in [-0.39, 0.29) is 6.10 Å². The highest BCUT2D eigenvalue weighted by atomic mass is 16.5. The summed E-state index contributed by atoms with van der Waals surface area (Å²) < 4.78 is 5.87. The summed E-state index contributed by atoms with van der Waals surface area (Å²) >= 11 is 0. The Morgan fingerprint density at radius 3 is 3.08 bits per heavy atom. The number of rotatable bonds is 4. The van der Waals surface area contributed by atoms with Crippen molar-refractivity contribution in [3.05, 3.63) is 54.0 Å². The van der Waals surface area contributed by atoms with Crippen LogP contribution in [0.15, 0.2) is 42.9 Å². The van der Waals surface area contributed by atoms with Crippen molar-refractivity contribution in [3.8, 4) is 6.07 Å². The SMILES string of the molecule is N#Cc1cnc2ccccc2c1NC[C@H]1CCO[C@@H]1c1cn[nH]c1. The lowest BCUT2D eigenvalue weighted by atomic mass is 9.97. The molecule has 120 valence electrons.